The van der Waals surface area contributed by atoms with Crippen molar-refractivity contribution >= 4 is 39.3 Å². The van der Waals surface area contributed by atoms with Gasteiger partial charge in [0.2, 0.25) is 0 Å². The monoisotopic (exact) mass is 441 g/mol. The van der Waals surface area contributed by atoms with Crippen LogP contribution in [0.2, 0.25) is 0 Å². The number of aryl methyl sites for hydroxylation is 2. The Hall–Kier alpha value is -3.60. The Balaban J connectivity index is 1.78. The molecule has 0 unspecified atom stereocenters. The van der Waals surface area contributed by atoms with Crippen LogP contribution in [0.25, 0.3) is 21.8 Å². The van der Waals surface area contributed by atoms with E-state index in [-0.39, 0.29) is 12.6 Å². The SMILES string of the molecule is Cc1c(C)c(C)c2c(Nc3cccc(COC(=O)NC(C)C)c3)c3ccccc3nc2c1C. The van der Waals surface area contributed by atoms with Crippen molar-refractivity contribution in [3.8, 4) is 0 Å². The average Bonchev–Trinajstić information content (AvgIpc) is 2.79. The lowest BCUT2D eigenvalue weighted by molar-refractivity contribution is 0.137. The first-order valence-corrected chi connectivity index (χ1v) is 11.3. The summed E-state index contributed by atoms with van der Waals surface area (Å²) in [6.07, 6.45) is -0.411. The molecule has 0 aliphatic rings. The van der Waals surface area contributed by atoms with Crippen LogP contribution in [0.4, 0.5) is 16.2 Å². The first-order chi connectivity index (χ1) is 15.8. The summed E-state index contributed by atoms with van der Waals surface area (Å²) < 4.78 is 5.36. The number of carbonyl (C=O) groups excluding carboxylic acids is 1. The van der Waals surface area contributed by atoms with Crippen molar-refractivity contribution in [1.29, 1.82) is 0 Å². The van der Waals surface area contributed by atoms with E-state index in [9.17, 15) is 4.79 Å². The topological polar surface area (TPSA) is 63.2 Å². The molecular weight excluding hydrogens is 410 g/mol. The van der Waals surface area contributed by atoms with Crippen molar-refractivity contribution in [1.82, 2.24) is 10.3 Å². The number of para-hydroxylation sites is 1. The molecule has 1 aromatic heterocycles. The highest BCUT2D eigenvalue weighted by molar-refractivity contribution is 6.11. The fraction of sp³-hybridized carbons (Fsp3) is 0.286. The summed E-state index contributed by atoms with van der Waals surface area (Å²) in [7, 11) is 0. The van der Waals surface area contributed by atoms with Crippen LogP contribution < -0.4 is 10.6 Å². The Morgan fingerprint density at radius 2 is 1.67 bits per heavy atom. The normalized spacial score (nSPS) is 11.2. The maximum atomic E-state index is 11.9. The predicted octanol–water partition coefficient (Wildman–Crippen LogP) is 7.00. The molecule has 5 heteroatoms. The van der Waals surface area contributed by atoms with E-state index in [1.165, 1.54) is 22.3 Å². The zero-order chi connectivity index (χ0) is 23.7. The zero-order valence-electron chi connectivity index (χ0n) is 20.2. The summed E-state index contributed by atoms with van der Waals surface area (Å²) in [6.45, 7) is 12.7. The molecule has 1 heterocycles. The van der Waals surface area contributed by atoms with Crippen molar-refractivity contribution in [2.45, 2.75) is 54.2 Å². The third kappa shape index (κ3) is 4.49. The van der Waals surface area contributed by atoms with Crippen LogP contribution in [0.15, 0.2) is 48.5 Å². The standard InChI is InChI=1S/C28H31N3O2/c1-16(2)29-28(32)33-15-21-10-9-11-22(14-21)30-27-23-12-7-8-13-24(23)31-26-20(6)18(4)17(3)19(5)25(26)27/h7-14,16H,15H2,1-6H3,(H,29,32)(H,30,31). The van der Waals surface area contributed by atoms with Gasteiger partial charge in [0.05, 0.1) is 16.7 Å². The molecule has 0 saturated carbocycles. The number of fused-ring (bicyclic) bond motifs is 2. The molecular formula is C28H31N3O2. The Morgan fingerprint density at radius 1 is 0.939 bits per heavy atom. The maximum Gasteiger partial charge on any atom is 0.407 e. The molecule has 170 valence electrons. The molecule has 0 aliphatic carbocycles. The minimum atomic E-state index is -0.411. The second kappa shape index (κ2) is 9.10. The minimum Gasteiger partial charge on any atom is -0.445 e. The van der Waals surface area contributed by atoms with Gasteiger partial charge < -0.3 is 15.4 Å². The van der Waals surface area contributed by atoms with Crippen molar-refractivity contribution in [3.05, 3.63) is 76.3 Å². The van der Waals surface area contributed by atoms with Gasteiger partial charge in [0.1, 0.15) is 6.61 Å². The average molecular weight is 442 g/mol. The highest BCUT2D eigenvalue weighted by atomic mass is 16.5. The van der Waals surface area contributed by atoms with Crippen LogP contribution in [0, 0.1) is 27.7 Å². The molecule has 5 nitrogen and oxygen atoms in total. The highest BCUT2D eigenvalue weighted by Gasteiger charge is 2.17. The Bertz CT molecular complexity index is 1360. The highest BCUT2D eigenvalue weighted by Crippen LogP contribution is 2.38. The number of rotatable bonds is 5. The fourth-order valence-corrected chi connectivity index (χ4v) is 4.22. The Labute approximate surface area is 195 Å². The van der Waals surface area contributed by atoms with Gasteiger partial charge in [-0.25, -0.2) is 9.78 Å². The third-order valence-electron chi connectivity index (χ3n) is 6.28. The van der Waals surface area contributed by atoms with Gasteiger partial charge >= 0.3 is 6.09 Å². The molecule has 0 atom stereocenters. The number of carbonyl (C=O) groups is 1. The summed E-state index contributed by atoms with van der Waals surface area (Å²) in [5, 5.41) is 8.64. The molecule has 3 aromatic carbocycles. The predicted molar refractivity (Wildman–Crippen MR) is 136 cm³/mol. The number of amides is 1. The van der Waals surface area contributed by atoms with Crippen molar-refractivity contribution in [2.75, 3.05) is 5.32 Å². The van der Waals surface area contributed by atoms with E-state index in [0.29, 0.717) is 0 Å². The lowest BCUT2D eigenvalue weighted by Crippen LogP contribution is -2.30. The molecule has 4 aromatic rings. The van der Waals surface area contributed by atoms with E-state index in [2.05, 4.69) is 50.5 Å². The molecule has 2 N–H and O–H groups in total. The van der Waals surface area contributed by atoms with Crippen molar-refractivity contribution in [2.24, 2.45) is 0 Å². The van der Waals surface area contributed by atoms with Crippen LogP contribution in [-0.4, -0.2) is 17.1 Å². The first kappa shape index (κ1) is 22.6. The van der Waals surface area contributed by atoms with Crippen LogP contribution in [0.1, 0.15) is 41.7 Å². The number of aromatic nitrogens is 1. The lowest BCUT2D eigenvalue weighted by Gasteiger charge is -2.20. The van der Waals surface area contributed by atoms with Crippen molar-refractivity contribution in [3.63, 3.8) is 0 Å². The van der Waals surface area contributed by atoms with E-state index >= 15 is 0 Å². The largest absolute Gasteiger partial charge is 0.445 e. The number of hydrogen-bond donors (Lipinski definition) is 2. The van der Waals surface area contributed by atoms with Crippen LogP contribution in [0.5, 0.6) is 0 Å². The van der Waals surface area contributed by atoms with Crippen LogP contribution >= 0.6 is 0 Å². The molecule has 0 spiro atoms. The van der Waals surface area contributed by atoms with E-state index in [1.807, 2.05) is 50.2 Å². The van der Waals surface area contributed by atoms with E-state index < -0.39 is 6.09 Å². The second-order valence-corrected chi connectivity index (χ2v) is 8.93. The van der Waals surface area contributed by atoms with Crippen LogP contribution in [-0.2, 0) is 11.3 Å². The molecule has 33 heavy (non-hydrogen) atoms. The molecule has 0 aliphatic heterocycles. The first-order valence-electron chi connectivity index (χ1n) is 11.3. The molecule has 0 bridgehead atoms. The molecule has 0 saturated heterocycles. The minimum absolute atomic E-state index is 0.0394. The number of nitrogens with one attached hydrogen (secondary N) is 2. The molecule has 4 rings (SSSR count). The van der Waals surface area contributed by atoms with Gasteiger partial charge in [-0.15, -0.1) is 0 Å². The maximum absolute atomic E-state index is 11.9. The quantitative estimate of drug-likeness (QED) is 0.327. The van der Waals surface area contributed by atoms with Gasteiger partial charge in [0.15, 0.2) is 0 Å². The fourth-order valence-electron chi connectivity index (χ4n) is 4.22. The number of pyridine rings is 1. The van der Waals surface area contributed by atoms with E-state index in [0.717, 1.165) is 38.7 Å². The van der Waals surface area contributed by atoms with E-state index in [1.54, 1.807) is 0 Å². The number of benzene rings is 3. The zero-order valence-corrected chi connectivity index (χ0v) is 20.2. The third-order valence-corrected chi connectivity index (χ3v) is 6.28. The van der Waals surface area contributed by atoms with Crippen LogP contribution in [0.3, 0.4) is 0 Å². The van der Waals surface area contributed by atoms with E-state index in [4.69, 9.17) is 9.72 Å². The van der Waals surface area contributed by atoms with Gasteiger partial charge in [-0.3, -0.25) is 0 Å². The molecule has 0 radical (unpaired) electrons. The number of anilines is 2. The Kier molecular flexibility index (Phi) is 6.23. The Morgan fingerprint density at radius 3 is 2.42 bits per heavy atom. The smallest absolute Gasteiger partial charge is 0.407 e. The molecule has 0 fully saturated rings. The lowest BCUT2D eigenvalue weighted by atomic mass is 9.92. The second-order valence-electron chi connectivity index (χ2n) is 8.93. The number of hydrogen-bond acceptors (Lipinski definition) is 4. The summed E-state index contributed by atoms with van der Waals surface area (Å²) >= 11 is 0. The summed E-state index contributed by atoms with van der Waals surface area (Å²) in [6, 6.07) is 16.3. The van der Waals surface area contributed by atoms with Gasteiger partial charge in [-0.2, -0.15) is 0 Å². The number of alkyl carbamates (subject to hydrolysis) is 1. The summed E-state index contributed by atoms with van der Waals surface area (Å²) in [5.41, 5.74) is 9.92. The van der Waals surface area contributed by atoms with Gasteiger partial charge in [-0.1, -0.05) is 30.3 Å². The number of nitrogens with zero attached hydrogens (tertiary/aromatic N) is 1. The number of ether oxygens (including phenoxy) is 1. The summed E-state index contributed by atoms with van der Waals surface area (Å²) in [5.74, 6) is 0. The van der Waals surface area contributed by atoms with Gasteiger partial charge in [0, 0.05) is 22.5 Å². The summed E-state index contributed by atoms with van der Waals surface area (Å²) in [4.78, 5) is 16.9. The molecule has 1 amide bonds. The van der Waals surface area contributed by atoms with Gasteiger partial charge in [-0.05, 0) is 87.6 Å². The van der Waals surface area contributed by atoms with Crippen molar-refractivity contribution < 1.29 is 9.53 Å². The van der Waals surface area contributed by atoms with Gasteiger partial charge in [0.25, 0.3) is 0 Å².